The van der Waals surface area contributed by atoms with Crippen LogP contribution in [0.4, 0.5) is 0 Å². The molecule has 1 aliphatic rings. The zero-order chi connectivity index (χ0) is 14.1. The van der Waals surface area contributed by atoms with Gasteiger partial charge in [0.1, 0.15) is 0 Å². The second kappa shape index (κ2) is 8.87. The van der Waals surface area contributed by atoms with Crippen molar-refractivity contribution in [3.63, 3.8) is 0 Å². The minimum Gasteiger partial charge on any atom is -0.355 e. The Morgan fingerprint density at radius 1 is 1.05 bits per heavy atom. The highest BCUT2D eigenvalue weighted by Crippen LogP contribution is 2.03. The van der Waals surface area contributed by atoms with E-state index in [9.17, 15) is 9.59 Å². The molecule has 1 fully saturated rings. The van der Waals surface area contributed by atoms with Gasteiger partial charge in [0, 0.05) is 45.7 Å². The lowest BCUT2D eigenvalue weighted by atomic mass is 10.2. The summed E-state index contributed by atoms with van der Waals surface area (Å²) in [6, 6.07) is 0. The first-order valence-corrected chi connectivity index (χ1v) is 7.14. The highest BCUT2D eigenvalue weighted by molar-refractivity contribution is 5.78. The molecule has 1 heterocycles. The molecule has 0 saturated carbocycles. The maximum Gasteiger partial charge on any atom is 0.234 e. The Hall–Kier alpha value is -1.14. The monoisotopic (exact) mass is 270 g/mol. The number of piperazine rings is 1. The van der Waals surface area contributed by atoms with Crippen LogP contribution in [0.3, 0.4) is 0 Å². The van der Waals surface area contributed by atoms with Crippen molar-refractivity contribution in [1.29, 1.82) is 0 Å². The summed E-state index contributed by atoms with van der Waals surface area (Å²) < 4.78 is 0. The Kier molecular flexibility index (Phi) is 7.43. The molecule has 2 amide bonds. The highest BCUT2D eigenvalue weighted by Gasteiger charge is 2.21. The average molecular weight is 270 g/mol. The van der Waals surface area contributed by atoms with E-state index in [0.29, 0.717) is 19.5 Å². The number of carbonyl (C=O) groups is 2. The molecule has 0 spiro atoms. The molecule has 0 aliphatic carbocycles. The van der Waals surface area contributed by atoms with Gasteiger partial charge in [-0.2, -0.15) is 0 Å². The molecule has 0 aromatic rings. The molecule has 6 nitrogen and oxygen atoms in total. The third-order valence-corrected chi connectivity index (χ3v) is 3.23. The van der Waals surface area contributed by atoms with Gasteiger partial charge in [0.25, 0.3) is 0 Å². The molecule has 1 aliphatic heterocycles. The van der Waals surface area contributed by atoms with Crippen LogP contribution in [0.1, 0.15) is 20.3 Å². The number of hydrogen-bond donors (Lipinski definition) is 2. The fraction of sp³-hybridized carbons (Fsp3) is 0.846. The maximum atomic E-state index is 11.9. The van der Waals surface area contributed by atoms with Crippen LogP contribution in [0.2, 0.25) is 0 Å². The molecule has 0 aromatic heterocycles. The topological polar surface area (TPSA) is 64.7 Å². The molecule has 19 heavy (non-hydrogen) atoms. The molecule has 110 valence electrons. The first-order valence-electron chi connectivity index (χ1n) is 7.14. The number of carbonyl (C=O) groups excluding carboxylic acids is 2. The third kappa shape index (κ3) is 6.02. The van der Waals surface area contributed by atoms with E-state index in [2.05, 4.69) is 15.5 Å². The molecule has 6 heteroatoms. The van der Waals surface area contributed by atoms with E-state index < -0.39 is 0 Å². The summed E-state index contributed by atoms with van der Waals surface area (Å²) in [5.41, 5.74) is 0. The zero-order valence-corrected chi connectivity index (χ0v) is 12.1. The van der Waals surface area contributed by atoms with Gasteiger partial charge in [-0.15, -0.1) is 0 Å². The Morgan fingerprint density at radius 2 is 1.74 bits per heavy atom. The van der Waals surface area contributed by atoms with Crippen molar-refractivity contribution in [3.05, 3.63) is 0 Å². The standard InChI is InChI=1S/C13H26N4O2/c1-3-14-6-5-13(19)17-9-7-16(8-10-17)11-12(18)15-4-2/h14H,3-11H2,1-2H3,(H,15,18). The number of rotatable bonds is 7. The van der Waals surface area contributed by atoms with Crippen molar-refractivity contribution in [1.82, 2.24) is 20.4 Å². The normalized spacial score (nSPS) is 16.4. The summed E-state index contributed by atoms with van der Waals surface area (Å²) in [6.07, 6.45) is 0.560. The molecule has 0 atom stereocenters. The number of likely N-dealkylation sites (N-methyl/N-ethyl adjacent to an activating group) is 1. The zero-order valence-electron chi connectivity index (χ0n) is 12.1. The Balaban J connectivity index is 2.21. The van der Waals surface area contributed by atoms with Crippen LogP contribution in [-0.4, -0.2) is 74.0 Å². The fourth-order valence-corrected chi connectivity index (χ4v) is 2.14. The molecular formula is C13H26N4O2. The van der Waals surface area contributed by atoms with E-state index in [1.165, 1.54) is 0 Å². The predicted molar refractivity (Wildman–Crippen MR) is 74.9 cm³/mol. The van der Waals surface area contributed by atoms with Crippen LogP contribution in [0.5, 0.6) is 0 Å². The van der Waals surface area contributed by atoms with Gasteiger partial charge >= 0.3 is 0 Å². The van der Waals surface area contributed by atoms with Gasteiger partial charge in [0.15, 0.2) is 0 Å². The molecule has 1 saturated heterocycles. The van der Waals surface area contributed by atoms with E-state index >= 15 is 0 Å². The Morgan fingerprint density at radius 3 is 2.32 bits per heavy atom. The van der Waals surface area contributed by atoms with Crippen LogP contribution in [-0.2, 0) is 9.59 Å². The van der Waals surface area contributed by atoms with Gasteiger partial charge in [-0.3, -0.25) is 14.5 Å². The fourth-order valence-electron chi connectivity index (χ4n) is 2.14. The molecule has 0 radical (unpaired) electrons. The number of hydrogen-bond acceptors (Lipinski definition) is 4. The largest absolute Gasteiger partial charge is 0.355 e. The lowest BCUT2D eigenvalue weighted by Crippen LogP contribution is -2.51. The number of amides is 2. The lowest BCUT2D eigenvalue weighted by molar-refractivity contribution is -0.133. The van der Waals surface area contributed by atoms with Gasteiger partial charge in [0.05, 0.1) is 6.54 Å². The van der Waals surface area contributed by atoms with Gasteiger partial charge < -0.3 is 15.5 Å². The van der Waals surface area contributed by atoms with Gasteiger partial charge in [-0.25, -0.2) is 0 Å². The van der Waals surface area contributed by atoms with E-state index in [-0.39, 0.29) is 11.8 Å². The van der Waals surface area contributed by atoms with Crippen LogP contribution in [0, 0.1) is 0 Å². The van der Waals surface area contributed by atoms with E-state index in [0.717, 1.165) is 39.3 Å². The second-order valence-electron chi connectivity index (χ2n) is 4.71. The summed E-state index contributed by atoms with van der Waals surface area (Å²) in [5, 5.41) is 5.95. The molecule has 2 N–H and O–H groups in total. The minimum atomic E-state index is 0.0643. The number of nitrogens with one attached hydrogen (secondary N) is 2. The summed E-state index contributed by atoms with van der Waals surface area (Å²) in [5.74, 6) is 0.271. The first-order chi connectivity index (χ1) is 9.17. The van der Waals surface area contributed by atoms with Crippen molar-refractivity contribution in [2.45, 2.75) is 20.3 Å². The van der Waals surface area contributed by atoms with Crippen molar-refractivity contribution in [3.8, 4) is 0 Å². The van der Waals surface area contributed by atoms with Crippen molar-refractivity contribution < 1.29 is 9.59 Å². The van der Waals surface area contributed by atoms with E-state index in [1.54, 1.807) is 0 Å². The van der Waals surface area contributed by atoms with Crippen molar-refractivity contribution in [2.24, 2.45) is 0 Å². The lowest BCUT2D eigenvalue weighted by Gasteiger charge is -2.34. The quantitative estimate of drug-likeness (QED) is 0.599. The van der Waals surface area contributed by atoms with Crippen LogP contribution in [0.15, 0.2) is 0 Å². The smallest absolute Gasteiger partial charge is 0.234 e. The summed E-state index contributed by atoms with van der Waals surface area (Å²) in [4.78, 5) is 27.3. The van der Waals surface area contributed by atoms with Crippen molar-refractivity contribution in [2.75, 3.05) is 52.4 Å². The summed E-state index contributed by atoms with van der Waals surface area (Å²) >= 11 is 0. The Bertz CT molecular complexity index is 288. The molecule has 0 aromatic carbocycles. The second-order valence-corrected chi connectivity index (χ2v) is 4.71. The van der Waals surface area contributed by atoms with E-state index in [4.69, 9.17) is 0 Å². The van der Waals surface area contributed by atoms with Gasteiger partial charge in [-0.1, -0.05) is 6.92 Å². The average Bonchev–Trinajstić information content (AvgIpc) is 2.40. The molecule has 0 unspecified atom stereocenters. The molecule has 1 rings (SSSR count). The summed E-state index contributed by atoms with van der Waals surface area (Å²) in [7, 11) is 0. The van der Waals surface area contributed by atoms with Gasteiger partial charge in [-0.05, 0) is 13.5 Å². The third-order valence-electron chi connectivity index (χ3n) is 3.23. The maximum absolute atomic E-state index is 11.9. The molecule has 0 bridgehead atoms. The molecular weight excluding hydrogens is 244 g/mol. The van der Waals surface area contributed by atoms with Gasteiger partial charge in [0.2, 0.25) is 11.8 Å². The van der Waals surface area contributed by atoms with Crippen LogP contribution < -0.4 is 10.6 Å². The number of nitrogens with zero attached hydrogens (tertiary/aromatic N) is 2. The Labute approximate surface area is 115 Å². The van der Waals surface area contributed by atoms with E-state index in [1.807, 2.05) is 18.7 Å². The first kappa shape index (κ1) is 15.9. The SMILES string of the molecule is CCNCCC(=O)N1CCN(CC(=O)NCC)CC1. The predicted octanol–water partition coefficient (Wildman–Crippen LogP) is -0.734. The van der Waals surface area contributed by atoms with Crippen molar-refractivity contribution >= 4 is 11.8 Å². The minimum absolute atomic E-state index is 0.0643. The highest BCUT2D eigenvalue weighted by atomic mass is 16.2. The summed E-state index contributed by atoms with van der Waals surface area (Å²) in [6.45, 7) is 9.71. The van der Waals surface area contributed by atoms with Crippen LogP contribution in [0.25, 0.3) is 0 Å². The van der Waals surface area contributed by atoms with Crippen LogP contribution >= 0.6 is 0 Å².